The molecule has 2 aromatic carbocycles. The van der Waals surface area contributed by atoms with Gasteiger partial charge in [-0.1, -0.05) is 65.9 Å². The highest BCUT2D eigenvalue weighted by molar-refractivity contribution is 7.12. The molecule has 0 saturated heterocycles. The summed E-state index contributed by atoms with van der Waals surface area (Å²) in [6, 6.07) is 20.1. The van der Waals surface area contributed by atoms with Crippen molar-refractivity contribution in [2.75, 3.05) is 0 Å². The summed E-state index contributed by atoms with van der Waals surface area (Å²) in [5.74, 6) is 0. The molecule has 0 saturated carbocycles. The van der Waals surface area contributed by atoms with Crippen LogP contribution in [0.3, 0.4) is 0 Å². The summed E-state index contributed by atoms with van der Waals surface area (Å²) in [5.41, 5.74) is 3.19. The third kappa shape index (κ3) is 2.97. The maximum Gasteiger partial charge on any atom is 0.325 e. The van der Waals surface area contributed by atoms with Crippen LogP contribution < -0.4 is 4.87 Å². The Bertz CT molecular complexity index is 857. The zero-order chi connectivity index (χ0) is 15.4. The third-order valence-electron chi connectivity index (χ3n) is 3.28. The minimum Gasteiger partial charge on any atom is -0.255 e. The molecule has 0 aliphatic rings. The van der Waals surface area contributed by atoms with Gasteiger partial charge < -0.3 is 0 Å². The van der Waals surface area contributed by atoms with Crippen LogP contribution in [-0.4, -0.2) is 9.78 Å². The third-order valence-corrected chi connectivity index (χ3v) is 4.18. The highest BCUT2D eigenvalue weighted by atomic mass is 32.1. The second-order valence-electron chi connectivity index (χ2n) is 4.75. The molecule has 3 rings (SSSR count). The fourth-order valence-corrected chi connectivity index (χ4v) is 2.95. The van der Waals surface area contributed by atoms with Crippen LogP contribution in [0.25, 0.3) is 21.7 Å². The predicted octanol–water partition coefficient (Wildman–Crippen LogP) is 3.55. The molecule has 0 unspecified atom stereocenters. The van der Waals surface area contributed by atoms with Gasteiger partial charge in [-0.05, 0) is 11.1 Å². The molecule has 0 fully saturated rings. The monoisotopic (exact) mass is 307 g/mol. The van der Waals surface area contributed by atoms with Crippen LogP contribution in [0, 0.1) is 11.3 Å². The van der Waals surface area contributed by atoms with Gasteiger partial charge in [-0.25, -0.2) is 4.68 Å². The van der Waals surface area contributed by atoms with E-state index >= 15 is 0 Å². The van der Waals surface area contributed by atoms with E-state index in [-0.39, 0.29) is 11.3 Å². The van der Waals surface area contributed by atoms with Gasteiger partial charge in [0.05, 0.1) is 19.0 Å². The minimum absolute atomic E-state index is 0.127. The van der Waals surface area contributed by atoms with Gasteiger partial charge in [-0.3, -0.25) is 4.79 Å². The van der Waals surface area contributed by atoms with Crippen molar-refractivity contribution in [3.8, 4) is 27.8 Å². The Morgan fingerprint density at radius 3 is 2.32 bits per heavy atom. The summed E-state index contributed by atoms with van der Waals surface area (Å²) in [5, 5.41) is 13.6. The number of aryl methyl sites for hydroxylation is 1. The number of nitrogens with zero attached hydrogens (tertiary/aromatic N) is 3. The maximum absolute atomic E-state index is 11.8. The maximum atomic E-state index is 11.8. The lowest BCUT2D eigenvalue weighted by Crippen LogP contribution is -2.14. The van der Waals surface area contributed by atoms with E-state index in [1.807, 2.05) is 48.5 Å². The molecule has 4 nitrogen and oxygen atoms in total. The first-order valence-corrected chi connectivity index (χ1v) is 7.70. The summed E-state index contributed by atoms with van der Waals surface area (Å²) in [6.07, 6.45) is 0.288. The minimum atomic E-state index is -0.127. The van der Waals surface area contributed by atoms with Crippen molar-refractivity contribution in [3.05, 3.63) is 64.3 Å². The number of benzene rings is 2. The largest absolute Gasteiger partial charge is 0.325 e. The molecule has 0 spiro atoms. The molecule has 0 aliphatic heterocycles. The Balaban J connectivity index is 1.87. The molecule has 5 heteroatoms. The molecule has 108 valence electrons. The van der Waals surface area contributed by atoms with Crippen molar-refractivity contribution >= 4 is 11.3 Å². The van der Waals surface area contributed by atoms with Gasteiger partial charge in [-0.2, -0.15) is 10.4 Å². The van der Waals surface area contributed by atoms with Gasteiger partial charge in [0, 0.05) is 5.56 Å². The highest BCUT2D eigenvalue weighted by Crippen LogP contribution is 2.24. The zero-order valence-corrected chi connectivity index (χ0v) is 12.6. The van der Waals surface area contributed by atoms with E-state index in [4.69, 9.17) is 5.26 Å². The SMILES string of the molecule is N#CCCn1nc(-c2ccc(-c3ccccc3)cc2)sc1=O. The lowest BCUT2D eigenvalue weighted by atomic mass is 10.0. The van der Waals surface area contributed by atoms with Crippen LogP contribution in [0.1, 0.15) is 6.42 Å². The molecule has 0 aliphatic carbocycles. The van der Waals surface area contributed by atoms with Crippen molar-refractivity contribution in [1.82, 2.24) is 9.78 Å². The fraction of sp³-hybridized carbons (Fsp3) is 0.118. The first-order valence-electron chi connectivity index (χ1n) is 6.89. The second kappa shape index (κ2) is 6.37. The number of rotatable bonds is 4. The Labute approximate surface area is 131 Å². The lowest BCUT2D eigenvalue weighted by molar-refractivity contribution is 0.612. The second-order valence-corrected chi connectivity index (χ2v) is 5.69. The Morgan fingerprint density at radius 2 is 1.64 bits per heavy atom. The molecule has 22 heavy (non-hydrogen) atoms. The smallest absolute Gasteiger partial charge is 0.255 e. The Hall–Kier alpha value is -2.71. The molecule has 0 atom stereocenters. The van der Waals surface area contributed by atoms with Crippen LogP contribution in [0.4, 0.5) is 0 Å². The topological polar surface area (TPSA) is 58.7 Å². The first-order chi connectivity index (χ1) is 10.8. The van der Waals surface area contributed by atoms with Crippen molar-refractivity contribution in [2.24, 2.45) is 0 Å². The average molecular weight is 307 g/mol. The molecule has 0 bridgehead atoms. The lowest BCUT2D eigenvalue weighted by Gasteiger charge is -2.02. The molecular formula is C17H13N3OS. The van der Waals surface area contributed by atoms with Crippen molar-refractivity contribution in [3.63, 3.8) is 0 Å². The van der Waals surface area contributed by atoms with Gasteiger partial charge in [-0.15, -0.1) is 0 Å². The summed E-state index contributed by atoms with van der Waals surface area (Å²) in [4.78, 5) is 11.7. The molecule has 0 N–H and O–H groups in total. The fourth-order valence-electron chi connectivity index (χ4n) is 2.16. The van der Waals surface area contributed by atoms with Crippen LogP contribution >= 0.6 is 11.3 Å². The van der Waals surface area contributed by atoms with Crippen LogP contribution in [0.15, 0.2) is 59.4 Å². The zero-order valence-electron chi connectivity index (χ0n) is 11.8. The molecule has 1 heterocycles. The number of aromatic nitrogens is 2. The van der Waals surface area contributed by atoms with Gasteiger partial charge in [0.2, 0.25) is 0 Å². The number of nitriles is 1. The van der Waals surface area contributed by atoms with Crippen molar-refractivity contribution < 1.29 is 0 Å². The number of hydrogen-bond donors (Lipinski definition) is 0. The molecule has 0 amide bonds. The number of hydrogen-bond acceptors (Lipinski definition) is 4. The van der Waals surface area contributed by atoms with Gasteiger partial charge in [0.25, 0.3) is 0 Å². The molecular weight excluding hydrogens is 294 g/mol. The van der Waals surface area contributed by atoms with E-state index in [1.54, 1.807) is 0 Å². The quantitative estimate of drug-likeness (QED) is 0.740. The van der Waals surface area contributed by atoms with E-state index < -0.39 is 0 Å². The normalized spacial score (nSPS) is 10.3. The Morgan fingerprint density at radius 1 is 1.00 bits per heavy atom. The first kappa shape index (κ1) is 14.2. The van der Waals surface area contributed by atoms with Crippen molar-refractivity contribution in [1.29, 1.82) is 5.26 Å². The molecule has 3 aromatic rings. The molecule has 0 radical (unpaired) electrons. The molecule has 1 aromatic heterocycles. The summed E-state index contributed by atoms with van der Waals surface area (Å²) < 4.78 is 1.36. The van der Waals surface area contributed by atoms with Gasteiger partial charge in [0.1, 0.15) is 5.01 Å². The van der Waals surface area contributed by atoms with Crippen LogP contribution in [0.2, 0.25) is 0 Å². The van der Waals surface area contributed by atoms with E-state index in [0.29, 0.717) is 11.6 Å². The summed E-state index contributed by atoms with van der Waals surface area (Å²) in [6.45, 7) is 0.341. The van der Waals surface area contributed by atoms with E-state index in [1.165, 1.54) is 4.68 Å². The average Bonchev–Trinajstić information content (AvgIpc) is 2.95. The Kier molecular flexibility index (Phi) is 4.12. The van der Waals surface area contributed by atoms with E-state index in [9.17, 15) is 4.79 Å². The standard InChI is InChI=1S/C17H13N3OS/c18-11-4-12-20-17(21)22-16(19-20)15-9-7-14(8-10-15)13-5-2-1-3-6-13/h1-3,5-10H,4,12H2. The summed E-state index contributed by atoms with van der Waals surface area (Å²) >= 11 is 1.11. The van der Waals surface area contributed by atoms with Crippen LogP contribution in [-0.2, 0) is 6.54 Å². The predicted molar refractivity (Wildman–Crippen MR) is 87.5 cm³/mol. The van der Waals surface area contributed by atoms with E-state index in [2.05, 4.69) is 17.2 Å². The van der Waals surface area contributed by atoms with E-state index in [0.717, 1.165) is 28.0 Å². The highest BCUT2D eigenvalue weighted by Gasteiger charge is 2.08. The summed E-state index contributed by atoms with van der Waals surface area (Å²) in [7, 11) is 0. The van der Waals surface area contributed by atoms with Crippen molar-refractivity contribution in [2.45, 2.75) is 13.0 Å². The van der Waals surface area contributed by atoms with Crippen LogP contribution in [0.5, 0.6) is 0 Å². The van der Waals surface area contributed by atoms with Gasteiger partial charge >= 0.3 is 4.87 Å². The van der Waals surface area contributed by atoms with Gasteiger partial charge in [0.15, 0.2) is 0 Å².